The number of pyridine rings is 1. The van der Waals surface area contributed by atoms with E-state index in [0.29, 0.717) is 67.1 Å². The van der Waals surface area contributed by atoms with Crippen molar-refractivity contribution in [3.05, 3.63) is 100 Å². The van der Waals surface area contributed by atoms with Crippen molar-refractivity contribution in [3.63, 3.8) is 0 Å². The van der Waals surface area contributed by atoms with Crippen LogP contribution in [-0.2, 0) is 18.4 Å². The van der Waals surface area contributed by atoms with E-state index in [0.717, 1.165) is 16.0 Å². The summed E-state index contributed by atoms with van der Waals surface area (Å²) in [6, 6.07) is 17.4. The standard InChI is InChI=1S/C36H38N6O5S/c1-39-16-11-27-32(39)38-23-42(34(27)44)22-36(46)13-18-40(19-14-36)33(43)25-12-17-41(21-28(25)24-6-4-3-5-7-24)35(45)31-9-8-30(48-31)26-10-15-37-20-29(26)47-2/h3-11,15-16,20,23,25,28,46H,12-14,17-19,21-22H2,1-2H3/t25-,28+/m1/s1. The van der Waals surface area contributed by atoms with Crippen molar-refractivity contribution in [2.45, 2.75) is 37.3 Å². The van der Waals surface area contributed by atoms with E-state index in [-0.39, 0.29) is 35.8 Å². The SMILES string of the molecule is COc1cnccc1-c1ccc(C(=O)N2CC[C@@H](C(=O)N3CCC(O)(Cn4cnc5c(ccn5C)c4=O)CC3)[C@H](c3ccccc3)C2)s1. The molecule has 2 aliphatic heterocycles. The Labute approximate surface area is 282 Å². The molecule has 0 bridgehead atoms. The first kappa shape index (κ1) is 31.8. The molecule has 6 heterocycles. The molecule has 2 atom stereocenters. The maximum Gasteiger partial charge on any atom is 0.263 e. The van der Waals surface area contributed by atoms with Gasteiger partial charge in [0.05, 0.1) is 35.7 Å². The number of piperidine rings is 2. The number of aromatic nitrogens is 4. The number of hydrogen-bond acceptors (Lipinski definition) is 8. The highest BCUT2D eigenvalue weighted by Gasteiger charge is 2.42. The molecule has 0 aliphatic carbocycles. The van der Waals surface area contributed by atoms with Gasteiger partial charge in [0.25, 0.3) is 11.5 Å². The number of fused-ring (bicyclic) bond motifs is 1. The number of likely N-dealkylation sites (tertiary alicyclic amines) is 2. The average molecular weight is 667 g/mol. The first-order chi connectivity index (χ1) is 23.2. The molecule has 4 aromatic heterocycles. The highest BCUT2D eigenvalue weighted by atomic mass is 32.1. The number of carbonyl (C=O) groups is 2. The number of benzene rings is 1. The molecule has 0 unspecified atom stereocenters. The van der Waals surface area contributed by atoms with Crippen LogP contribution in [0.15, 0.2) is 84.3 Å². The molecule has 2 aliphatic rings. The van der Waals surface area contributed by atoms with E-state index in [1.54, 1.807) is 36.3 Å². The first-order valence-corrected chi connectivity index (χ1v) is 17.0. The monoisotopic (exact) mass is 666 g/mol. The maximum absolute atomic E-state index is 14.1. The second-order valence-electron chi connectivity index (χ2n) is 12.8. The van der Waals surface area contributed by atoms with Crippen LogP contribution in [0.1, 0.15) is 40.4 Å². The predicted molar refractivity (Wildman–Crippen MR) is 183 cm³/mol. The molecule has 2 fully saturated rings. The number of methoxy groups -OCH3 is 1. The number of hydrogen-bond donors (Lipinski definition) is 1. The molecule has 248 valence electrons. The van der Waals surface area contributed by atoms with Gasteiger partial charge in [-0.1, -0.05) is 30.3 Å². The zero-order valence-corrected chi connectivity index (χ0v) is 27.8. The van der Waals surface area contributed by atoms with E-state index in [1.807, 2.05) is 65.4 Å². The van der Waals surface area contributed by atoms with Crippen molar-refractivity contribution >= 4 is 34.2 Å². The average Bonchev–Trinajstić information content (AvgIpc) is 3.77. The van der Waals surface area contributed by atoms with Crippen LogP contribution < -0.4 is 10.3 Å². The van der Waals surface area contributed by atoms with Crippen molar-refractivity contribution in [1.82, 2.24) is 28.9 Å². The van der Waals surface area contributed by atoms with E-state index >= 15 is 0 Å². The van der Waals surface area contributed by atoms with Gasteiger partial charge in [-0.2, -0.15) is 0 Å². The minimum Gasteiger partial charge on any atom is -0.494 e. The van der Waals surface area contributed by atoms with Gasteiger partial charge in [-0.05, 0) is 49.1 Å². The largest absolute Gasteiger partial charge is 0.494 e. The summed E-state index contributed by atoms with van der Waals surface area (Å²) in [5.74, 6) is 0.185. The highest BCUT2D eigenvalue weighted by Crippen LogP contribution is 2.38. The third-order valence-electron chi connectivity index (χ3n) is 9.85. The van der Waals surface area contributed by atoms with Crippen molar-refractivity contribution in [2.24, 2.45) is 13.0 Å². The molecule has 7 rings (SSSR count). The van der Waals surface area contributed by atoms with Crippen molar-refractivity contribution < 1.29 is 19.4 Å². The van der Waals surface area contributed by atoms with E-state index in [1.165, 1.54) is 22.2 Å². The Morgan fingerprint density at radius 2 is 1.83 bits per heavy atom. The number of aliphatic hydroxyl groups is 1. The summed E-state index contributed by atoms with van der Waals surface area (Å²) in [4.78, 5) is 54.8. The molecular weight excluding hydrogens is 629 g/mol. The molecule has 1 aromatic carbocycles. The van der Waals surface area contributed by atoms with Gasteiger partial charge in [0, 0.05) is 67.9 Å². The topological polar surface area (TPSA) is 123 Å². The van der Waals surface area contributed by atoms with Gasteiger partial charge in [-0.15, -0.1) is 11.3 Å². The van der Waals surface area contributed by atoms with Gasteiger partial charge in [-0.25, -0.2) is 4.98 Å². The Morgan fingerprint density at radius 3 is 2.60 bits per heavy atom. The van der Waals surface area contributed by atoms with Gasteiger partial charge >= 0.3 is 0 Å². The Morgan fingerprint density at radius 1 is 1.04 bits per heavy atom. The zero-order chi connectivity index (χ0) is 33.4. The van der Waals surface area contributed by atoms with Crippen LogP contribution in [0.5, 0.6) is 5.75 Å². The van der Waals surface area contributed by atoms with Gasteiger partial charge in [0.1, 0.15) is 17.7 Å². The van der Waals surface area contributed by atoms with Crippen LogP contribution in [0.4, 0.5) is 0 Å². The number of thiophene rings is 1. The molecule has 11 nitrogen and oxygen atoms in total. The molecule has 5 aromatic rings. The van der Waals surface area contributed by atoms with Crippen LogP contribution >= 0.6 is 11.3 Å². The fraction of sp³-hybridized carbons (Fsp3) is 0.361. The molecule has 0 spiro atoms. The molecule has 0 radical (unpaired) electrons. The van der Waals surface area contributed by atoms with Crippen molar-refractivity contribution in [3.8, 4) is 16.2 Å². The molecule has 2 amide bonds. The van der Waals surface area contributed by atoms with E-state index in [2.05, 4.69) is 9.97 Å². The quantitative estimate of drug-likeness (QED) is 0.277. The Balaban J connectivity index is 1.04. The van der Waals surface area contributed by atoms with E-state index < -0.39 is 5.60 Å². The third kappa shape index (κ3) is 6.01. The Hall–Kier alpha value is -4.81. The summed E-state index contributed by atoms with van der Waals surface area (Å²) in [5, 5.41) is 12.0. The molecule has 12 heteroatoms. The lowest BCUT2D eigenvalue weighted by Gasteiger charge is -2.43. The van der Waals surface area contributed by atoms with Crippen LogP contribution in [0.3, 0.4) is 0 Å². The van der Waals surface area contributed by atoms with Gasteiger partial charge in [0.2, 0.25) is 5.91 Å². The van der Waals surface area contributed by atoms with Crippen molar-refractivity contribution in [2.75, 3.05) is 33.3 Å². The summed E-state index contributed by atoms with van der Waals surface area (Å²) < 4.78 is 8.74. The van der Waals surface area contributed by atoms with E-state index in [9.17, 15) is 19.5 Å². The Bertz CT molecular complexity index is 2010. The summed E-state index contributed by atoms with van der Waals surface area (Å²) in [6.07, 6.45) is 7.91. The molecule has 48 heavy (non-hydrogen) atoms. The van der Waals surface area contributed by atoms with Crippen LogP contribution in [0.25, 0.3) is 21.5 Å². The van der Waals surface area contributed by atoms with Gasteiger partial charge < -0.3 is 24.2 Å². The smallest absolute Gasteiger partial charge is 0.263 e. The van der Waals surface area contributed by atoms with E-state index in [4.69, 9.17) is 4.74 Å². The lowest BCUT2D eigenvalue weighted by atomic mass is 9.79. The van der Waals surface area contributed by atoms with Crippen LogP contribution in [0, 0.1) is 5.92 Å². The van der Waals surface area contributed by atoms with Crippen molar-refractivity contribution in [1.29, 1.82) is 0 Å². The number of carbonyl (C=O) groups excluding carboxylic acids is 2. The third-order valence-corrected chi connectivity index (χ3v) is 11.0. The maximum atomic E-state index is 14.1. The first-order valence-electron chi connectivity index (χ1n) is 16.2. The minimum atomic E-state index is -1.13. The summed E-state index contributed by atoms with van der Waals surface area (Å²) in [5.41, 5.74) is 1.21. The Kier molecular flexibility index (Phi) is 8.61. The molecule has 2 saturated heterocycles. The fourth-order valence-corrected chi connectivity index (χ4v) is 8.12. The highest BCUT2D eigenvalue weighted by molar-refractivity contribution is 7.17. The van der Waals surface area contributed by atoms with Gasteiger partial charge in [-0.3, -0.25) is 23.9 Å². The number of rotatable bonds is 7. The summed E-state index contributed by atoms with van der Waals surface area (Å²) in [7, 11) is 3.44. The minimum absolute atomic E-state index is 0.0470. The fourth-order valence-electron chi connectivity index (χ4n) is 7.12. The normalized spacial score (nSPS) is 19.4. The second kappa shape index (κ2) is 13.0. The molecular formula is C36H38N6O5S. The van der Waals surface area contributed by atoms with Gasteiger partial charge in [0.15, 0.2) is 0 Å². The number of amides is 2. The number of ether oxygens (including phenoxy) is 1. The lowest BCUT2D eigenvalue weighted by molar-refractivity contribution is -0.142. The number of aryl methyl sites for hydroxylation is 1. The lowest BCUT2D eigenvalue weighted by Crippen LogP contribution is -2.53. The summed E-state index contributed by atoms with van der Waals surface area (Å²) >= 11 is 1.42. The molecule has 1 N–H and O–H groups in total. The summed E-state index contributed by atoms with van der Waals surface area (Å²) in [6.45, 7) is 1.81. The van der Waals surface area contributed by atoms with Crippen LogP contribution in [0.2, 0.25) is 0 Å². The number of nitrogens with zero attached hydrogens (tertiary/aromatic N) is 6. The molecule has 0 saturated carbocycles. The van der Waals surface area contributed by atoms with Crippen LogP contribution in [-0.4, -0.2) is 84.7 Å². The predicted octanol–water partition coefficient (Wildman–Crippen LogP) is 4.17. The zero-order valence-electron chi connectivity index (χ0n) is 27.0. The second-order valence-corrected chi connectivity index (χ2v) is 13.9.